The van der Waals surface area contributed by atoms with Gasteiger partial charge in [-0.2, -0.15) is 10.2 Å². The molecule has 0 saturated carbocycles. The normalized spacial score (nSPS) is 10.9. The topological polar surface area (TPSA) is 77.7 Å². The molecule has 1 aromatic heterocycles. The molecule has 2 aromatic carbocycles. The van der Waals surface area contributed by atoms with Crippen molar-refractivity contribution in [3.8, 4) is 17.2 Å². The van der Waals surface area contributed by atoms with Crippen molar-refractivity contribution in [3.63, 3.8) is 0 Å². The molecule has 0 bridgehead atoms. The number of carbonyl (C=O) groups excluding carboxylic acids is 1. The Morgan fingerprint density at radius 2 is 1.86 bits per heavy atom. The van der Waals surface area contributed by atoms with Crippen LogP contribution in [0.3, 0.4) is 0 Å². The van der Waals surface area contributed by atoms with Gasteiger partial charge in [0.25, 0.3) is 5.91 Å². The first-order valence-corrected chi connectivity index (χ1v) is 8.95. The highest BCUT2D eigenvalue weighted by molar-refractivity contribution is 6.32. The van der Waals surface area contributed by atoms with Crippen LogP contribution in [-0.2, 0) is 4.79 Å². The van der Waals surface area contributed by atoms with Gasteiger partial charge in [-0.3, -0.25) is 4.79 Å². The van der Waals surface area contributed by atoms with Gasteiger partial charge in [-0.15, -0.1) is 0 Å². The van der Waals surface area contributed by atoms with Crippen LogP contribution in [0.25, 0.3) is 5.69 Å². The van der Waals surface area contributed by atoms with Gasteiger partial charge in [0.2, 0.25) is 0 Å². The van der Waals surface area contributed by atoms with Crippen molar-refractivity contribution < 1.29 is 18.7 Å². The molecule has 0 spiro atoms. The van der Waals surface area contributed by atoms with Crippen molar-refractivity contribution in [2.24, 2.45) is 5.10 Å². The van der Waals surface area contributed by atoms with Crippen molar-refractivity contribution in [1.29, 1.82) is 0 Å². The van der Waals surface area contributed by atoms with E-state index in [4.69, 9.17) is 21.1 Å². The largest absolute Gasteiger partial charge is 0.497 e. The van der Waals surface area contributed by atoms with E-state index in [0.29, 0.717) is 33.6 Å². The first-order valence-electron chi connectivity index (χ1n) is 8.57. The Bertz CT molecular complexity index is 1020. The lowest BCUT2D eigenvalue weighted by Gasteiger charge is -2.05. The summed E-state index contributed by atoms with van der Waals surface area (Å²) in [6.07, 6.45) is 1.40. The Balaban J connectivity index is 1.59. The van der Waals surface area contributed by atoms with Gasteiger partial charge in [0.15, 0.2) is 6.61 Å². The predicted octanol–water partition coefficient (Wildman–Crippen LogP) is 3.51. The number of halogens is 2. The predicted molar refractivity (Wildman–Crippen MR) is 107 cm³/mol. The van der Waals surface area contributed by atoms with E-state index in [2.05, 4.69) is 15.6 Å². The molecule has 1 amide bonds. The second-order valence-corrected chi connectivity index (χ2v) is 6.29. The molecule has 0 aliphatic carbocycles. The maximum absolute atomic E-state index is 13.1. The SMILES string of the molecule is COc1ccc(OCC(=O)N/N=C\c2c(C)nn(-c3ccc(F)cc3)c2Cl)cc1. The summed E-state index contributed by atoms with van der Waals surface area (Å²) in [6, 6.07) is 12.6. The zero-order valence-electron chi connectivity index (χ0n) is 15.7. The molecular weight excluding hydrogens is 399 g/mol. The number of aromatic nitrogens is 2. The molecule has 3 rings (SSSR count). The number of methoxy groups -OCH3 is 1. The lowest BCUT2D eigenvalue weighted by molar-refractivity contribution is -0.123. The van der Waals surface area contributed by atoms with Crippen LogP contribution < -0.4 is 14.9 Å². The van der Waals surface area contributed by atoms with Crippen LogP contribution in [0.2, 0.25) is 5.15 Å². The summed E-state index contributed by atoms with van der Waals surface area (Å²) >= 11 is 6.35. The molecule has 1 N–H and O–H groups in total. The van der Waals surface area contributed by atoms with Crippen molar-refractivity contribution >= 4 is 23.7 Å². The number of amides is 1. The lowest BCUT2D eigenvalue weighted by atomic mass is 10.3. The number of ether oxygens (including phenoxy) is 2. The van der Waals surface area contributed by atoms with Crippen molar-refractivity contribution in [2.75, 3.05) is 13.7 Å². The van der Waals surface area contributed by atoms with E-state index in [1.165, 1.54) is 23.0 Å². The van der Waals surface area contributed by atoms with Crippen LogP contribution in [0.4, 0.5) is 4.39 Å². The molecule has 29 heavy (non-hydrogen) atoms. The number of nitrogens with zero attached hydrogens (tertiary/aromatic N) is 3. The number of nitrogens with one attached hydrogen (secondary N) is 1. The highest BCUT2D eigenvalue weighted by atomic mass is 35.5. The summed E-state index contributed by atoms with van der Waals surface area (Å²) in [5, 5.41) is 8.52. The van der Waals surface area contributed by atoms with Crippen LogP contribution in [0.5, 0.6) is 11.5 Å². The van der Waals surface area contributed by atoms with Crippen molar-refractivity contribution in [3.05, 3.63) is 70.8 Å². The first-order chi connectivity index (χ1) is 14.0. The minimum Gasteiger partial charge on any atom is -0.497 e. The lowest BCUT2D eigenvalue weighted by Crippen LogP contribution is -2.24. The van der Waals surface area contributed by atoms with Crippen molar-refractivity contribution in [1.82, 2.24) is 15.2 Å². The number of hydrogen-bond acceptors (Lipinski definition) is 5. The maximum Gasteiger partial charge on any atom is 0.277 e. The molecule has 0 saturated heterocycles. The molecule has 0 fully saturated rings. The van der Waals surface area contributed by atoms with Crippen LogP contribution in [-0.4, -0.2) is 35.6 Å². The summed E-state index contributed by atoms with van der Waals surface area (Å²) in [4.78, 5) is 11.9. The van der Waals surface area contributed by atoms with E-state index in [0.717, 1.165) is 0 Å². The number of rotatable bonds is 7. The van der Waals surface area contributed by atoms with E-state index in [9.17, 15) is 9.18 Å². The number of hydrogen-bond donors (Lipinski definition) is 1. The summed E-state index contributed by atoms with van der Waals surface area (Å²) in [5.41, 5.74) is 4.12. The molecule has 3 aromatic rings. The molecule has 0 radical (unpaired) electrons. The van der Waals surface area contributed by atoms with Gasteiger partial charge in [0.05, 0.1) is 30.3 Å². The van der Waals surface area contributed by atoms with Crippen LogP contribution in [0.1, 0.15) is 11.3 Å². The minimum absolute atomic E-state index is 0.203. The molecule has 150 valence electrons. The Hall–Kier alpha value is -3.39. The average molecular weight is 417 g/mol. The first kappa shape index (κ1) is 20.3. The summed E-state index contributed by atoms with van der Waals surface area (Å²) in [6.45, 7) is 1.55. The molecular formula is C20H18ClFN4O3. The third-order valence-corrected chi connectivity index (χ3v) is 4.30. The average Bonchev–Trinajstić information content (AvgIpc) is 3.01. The molecule has 7 nitrogen and oxygen atoms in total. The second kappa shape index (κ2) is 9.20. The van der Waals surface area contributed by atoms with Crippen LogP contribution >= 0.6 is 11.6 Å². The number of aryl methyl sites for hydroxylation is 1. The molecule has 1 heterocycles. The van der Waals surface area contributed by atoms with E-state index in [1.54, 1.807) is 50.4 Å². The molecule has 0 unspecified atom stereocenters. The summed E-state index contributed by atoms with van der Waals surface area (Å²) in [7, 11) is 1.57. The fourth-order valence-electron chi connectivity index (χ4n) is 2.43. The molecule has 9 heteroatoms. The zero-order chi connectivity index (χ0) is 20.8. The van der Waals surface area contributed by atoms with E-state index in [-0.39, 0.29) is 12.4 Å². The highest BCUT2D eigenvalue weighted by Gasteiger charge is 2.13. The van der Waals surface area contributed by atoms with Gasteiger partial charge in [-0.1, -0.05) is 11.6 Å². The number of hydrazone groups is 1. The molecule has 0 aliphatic rings. The van der Waals surface area contributed by atoms with Crippen LogP contribution in [0.15, 0.2) is 53.6 Å². The van der Waals surface area contributed by atoms with Gasteiger partial charge < -0.3 is 9.47 Å². The van der Waals surface area contributed by atoms with Crippen molar-refractivity contribution in [2.45, 2.75) is 6.92 Å². The molecule has 0 atom stereocenters. The number of carbonyl (C=O) groups is 1. The van der Waals surface area contributed by atoms with Gasteiger partial charge in [-0.05, 0) is 55.5 Å². The van der Waals surface area contributed by atoms with Gasteiger partial charge in [-0.25, -0.2) is 14.5 Å². The Labute approximate surface area is 171 Å². The fraction of sp³-hybridized carbons (Fsp3) is 0.150. The van der Waals surface area contributed by atoms with E-state index < -0.39 is 5.91 Å². The summed E-state index contributed by atoms with van der Waals surface area (Å²) < 4.78 is 25.0. The smallest absolute Gasteiger partial charge is 0.277 e. The van der Waals surface area contributed by atoms with E-state index >= 15 is 0 Å². The maximum atomic E-state index is 13.1. The second-order valence-electron chi connectivity index (χ2n) is 5.94. The fourth-order valence-corrected chi connectivity index (χ4v) is 2.75. The molecule has 0 aliphatic heterocycles. The monoisotopic (exact) mass is 416 g/mol. The zero-order valence-corrected chi connectivity index (χ0v) is 16.5. The highest BCUT2D eigenvalue weighted by Crippen LogP contribution is 2.22. The Morgan fingerprint density at radius 1 is 1.21 bits per heavy atom. The van der Waals surface area contributed by atoms with Gasteiger partial charge >= 0.3 is 0 Å². The van der Waals surface area contributed by atoms with E-state index in [1.807, 2.05) is 0 Å². The standard InChI is InChI=1S/C20H18ClFN4O3/c1-13-18(20(21)26(25-13)15-5-3-14(22)4-6-15)11-23-24-19(27)12-29-17-9-7-16(28-2)8-10-17/h3-11H,12H2,1-2H3,(H,24,27)/b23-11-. The number of benzene rings is 2. The Morgan fingerprint density at radius 3 is 2.52 bits per heavy atom. The minimum atomic E-state index is -0.434. The van der Waals surface area contributed by atoms with Crippen LogP contribution in [0, 0.1) is 12.7 Å². The quantitative estimate of drug-likeness (QED) is 0.472. The Kier molecular flexibility index (Phi) is 6.46. The third kappa shape index (κ3) is 5.11. The summed E-state index contributed by atoms with van der Waals surface area (Å²) in [5.74, 6) is 0.441. The third-order valence-electron chi connectivity index (χ3n) is 3.93. The van der Waals surface area contributed by atoms with Gasteiger partial charge in [0.1, 0.15) is 22.5 Å². The van der Waals surface area contributed by atoms with Gasteiger partial charge in [0, 0.05) is 0 Å².